The van der Waals surface area contributed by atoms with Crippen LogP contribution in [0.25, 0.3) is 10.7 Å². The number of aryl methyl sites for hydroxylation is 1. The van der Waals surface area contributed by atoms with Crippen molar-refractivity contribution < 1.29 is 4.52 Å². The number of nitrogens with zero attached hydrogens (tertiary/aromatic N) is 4. The molecule has 0 saturated carbocycles. The van der Waals surface area contributed by atoms with Crippen LogP contribution in [0.1, 0.15) is 17.1 Å². The molecule has 0 radical (unpaired) electrons. The van der Waals surface area contributed by atoms with E-state index in [2.05, 4.69) is 20.1 Å². The molecule has 0 aromatic carbocycles. The van der Waals surface area contributed by atoms with Crippen LogP contribution in [0, 0.1) is 0 Å². The smallest absolute Gasteiger partial charge is 0.267 e. The topological polar surface area (TPSA) is 80.0 Å². The molecule has 0 atom stereocenters. The first-order valence-electron chi connectivity index (χ1n) is 7.06. The summed E-state index contributed by atoms with van der Waals surface area (Å²) in [6, 6.07) is 3.94. The summed E-state index contributed by atoms with van der Waals surface area (Å²) >= 11 is 1.59. The first-order valence-corrected chi connectivity index (χ1v) is 7.94. The Labute approximate surface area is 130 Å². The van der Waals surface area contributed by atoms with Crippen LogP contribution in [0.15, 0.2) is 26.8 Å². The Kier molecular flexibility index (Phi) is 3.20. The van der Waals surface area contributed by atoms with Crippen LogP contribution < -0.4 is 5.56 Å². The van der Waals surface area contributed by atoms with E-state index in [9.17, 15) is 4.79 Å². The quantitative estimate of drug-likeness (QED) is 0.789. The Balaban J connectivity index is 1.51. The fraction of sp³-hybridized carbons (Fsp3) is 0.357. The summed E-state index contributed by atoms with van der Waals surface area (Å²) in [5.41, 5.74) is 1.95. The van der Waals surface area contributed by atoms with Crippen molar-refractivity contribution in [2.24, 2.45) is 7.05 Å². The number of hydrogen-bond acceptors (Lipinski definition) is 6. The van der Waals surface area contributed by atoms with Crippen LogP contribution in [0.4, 0.5) is 0 Å². The van der Waals surface area contributed by atoms with Gasteiger partial charge in [0.05, 0.1) is 17.1 Å². The Hall–Kier alpha value is -2.19. The molecule has 22 heavy (non-hydrogen) atoms. The van der Waals surface area contributed by atoms with Crippen LogP contribution in [-0.2, 0) is 26.6 Å². The third kappa shape index (κ3) is 2.30. The van der Waals surface area contributed by atoms with Crippen LogP contribution >= 0.6 is 11.3 Å². The van der Waals surface area contributed by atoms with Gasteiger partial charge in [-0.15, -0.1) is 11.3 Å². The standard InChI is InChI=1S/C14H15N5O2S/c1-18-10-7-19(5-4-9(10)14(20)16-18)8-12-15-13(17-21-12)11-3-2-6-22-11/h2-3,6H,4-5,7-8H2,1H3,(H,16,20). The molecule has 1 N–H and O–H groups in total. The second-order valence-electron chi connectivity index (χ2n) is 5.37. The third-order valence-electron chi connectivity index (χ3n) is 3.92. The van der Waals surface area contributed by atoms with Gasteiger partial charge in [0.1, 0.15) is 0 Å². The summed E-state index contributed by atoms with van der Waals surface area (Å²) in [6.07, 6.45) is 0.747. The van der Waals surface area contributed by atoms with Gasteiger partial charge in [0.2, 0.25) is 11.7 Å². The van der Waals surface area contributed by atoms with Gasteiger partial charge in [0.15, 0.2) is 0 Å². The van der Waals surface area contributed by atoms with Crippen molar-refractivity contribution in [2.75, 3.05) is 6.54 Å². The maximum absolute atomic E-state index is 11.7. The number of aromatic nitrogens is 4. The lowest BCUT2D eigenvalue weighted by Gasteiger charge is -2.25. The summed E-state index contributed by atoms with van der Waals surface area (Å²) in [5, 5.41) is 8.83. The fourth-order valence-corrected chi connectivity index (χ4v) is 3.44. The number of H-pyrrole nitrogens is 1. The number of fused-ring (bicyclic) bond motifs is 1. The zero-order valence-electron chi connectivity index (χ0n) is 12.1. The van der Waals surface area contributed by atoms with Crippen molar-refractivity contribution in [2.45, 2.75) is 19.5 Å². The fourth-order valence-electron chi connectivity index (χ4n) is 2.79. The first-order chi connectivity index (χ1) is 10.7. The highest BCUT2D eigenvalue weighted by Crippen LogP contribution is 2.22. The zero-order valence-corrected chi connectivity index (χ0v) is 12.9. The highest BCUT2D eigenvalue weighted by Gasteiger charge is 2.23. The summed E-state index contributed by atoms with van der Waals surface area (Å²) in [4.78, 5) is 19.4. The molecule has 8 heteroatoms. The van der Waals surface area contributed by atoms with E-state index >= 15 is 0 Å². The van der Waals surface area contributed by atoms with E-state index in [0.717, 1.165) is 29.1 Å². The molecule has 1 aliphatic rings. The van der Waals surface area contributed by atoms with Crippen molar-refractivity contribution in [1.82, 2.24) is 24.8 Å². The molecular formula is C14H15N5O2S. The molecule has 0 amide bonds. The molecule has 0 saturated heterocycles. The monoisotopic (exact) mass is 317 g/mol. The van der Waals surface area contributed by atoms with E-state index in [1.165, 1.54) is 0 Å². The normalized spacial score (nSPS) is 15.1. The summed E-state index contributed by atoms with van der Waals surface area (Å²) in [6.45, 7) is 2.12. The minimum Gasteiger partial charge on any atom is -0.338 e. The van der Waals surface area contributed by atoms with Gasteiger partial charge in [-0.1, -0.05) is 11.2 Å². The van der Waals surface area contributed by atoms with Crippen LogP contribution in [0.3, 0.4) is 0 Å². The van der Waals surface area contributed by atoms with Crippen LogP contribution in [0.2, 0.25) is 0 Å². The molecule has 0 bridgehead atoms. The average Bonchev–Trinajstić information content (AvgIpc) is 3.21. The molecule has 0 unspecified atom stereocenters. The first kappa shape index (κ1) is 13.5. The van der Waals surface area contributed by atoms with Crippen molar-refractivity contribution in [1.29, 1.82) is 0 Å². The number of hydrogen-bond donors (Lipinski definition) is 1. The maximum Gasteiger partial charge on any atom is 0.267 e. The zero-order chi connectivity index (χ0) is 15.1. The molecule has 1 aliphatic heterocycles. The van der Waals surface area contributed by atoms with E-state index in [1.807, 2.05) is 24.6 Å². The molecule has 3 aromatic heterocycles. The molecule has 0 spiro atoms. The predicted molar refractivity (Wildman–Crippen MR) is 81.5 cm³/mol. The average molecular weight is 317 g/mol. The largest absolute Gasteiger partial charge is 0.338 e. The van der Waals surface area contributed by atoms with E-state index < -0.39 is 0 Å². The van der Waals surface area contributed by atoms with Gasteiger partial charge in [-0.25, -0.2) is 0 Å². The van der Waals surface area contributed by atoms with Gasteiger partial charge in [-0.05, 0) is 17.9 Å². The molecule has 7 nitrogen and oxygen atoms in total. The van der Waals surface area contributed by atoms with Gasteiger partial charge >= 0.3 is 0 Å². The highest BCUT2D eigenvalue weighted by atomic mass is 32.1. The minimum atomic E-state index is 0.0231. The van der Waals surface area contributed by atoms with Crippen molar-refractivity contribution >= 4 is 11.3 Å². The van der Waals surface area contributed by atoms with Crippen molar-refractivity contribution in [3.05, 3.63) is 45.0 Å². The summed E-state index contributed by atoms with van der Waals surface area (Å²) in [5.74, 6) is 1.24. The molecular weight excluding hydrogens is 302 g/mol. The van der Waals surface area contributed by atoms with Gasteiger partial charge in [-0.2, -0.15) is 4.98 Å². The molecule has 114 valence electrons. The van der Waals surface area contributed by atoms with Gasteiger partial charge in [0, 0.05) is 25.7 Å². The van der Waals surface area contributed by atoms with Gasteiger partial charge in [0.25, 0.3) is 5.56 Å². The number of aromatic amines is 1. The lowest BCUT2D eigenvalue weighted by atomic mass is 10.1. The van der Waals surface area contributed by atoms with Crippen molar-refractivity contribution in [3.8, 4) is 10.7 Å². The lowest BCUT2D eigenvalue weighted by molar-refractivity contribution is 0.205. The Bertz CT molecular complexity index is 845. The number of thiophene rings is 1. The van der Waals surface area contributed by atoms with Gasteiger partial charge in [-0.3, -0.25) is 19.5 Å². The second-order valence-corrected chi connectivity index (χ2v) is 6.32. The number of rotatable bonds is 3. The molecule has 3 aromatic rings. The van der Waals surface area contributed by atoms with Gasteiger partial charge < -0.3 is 4.52 Å². The Morgan fingerprint density at radius 3 is 3.23 bits per heavy atom. The van der Waals surface area contributed by atoms with E-state index in [-0.39, 0.29) is 5.56 Å². The molecule has 0 fully saturated rings. The second kappa shape index (κ2) is 5.22. The van der Waals surface area contributed by atoms with E-state index in [1.54, 1.807) is 16.0 Å². The Morgan fingerprint density at radius 2 is 2.41 bits per heavy atom. The van der Waals surface area contributed by atoms with E-state index in [0.29, 0.717) is 24.8 Å². The summed E-state index contributed by atoms with van der Waals surface area (Å²) in [7, 11) is 1.87. The molecule has 0 aliphatic carbocycles. The Morgan fingerprint density at radius 1 is 1.50 bits per heavy atom. The van der Waals surface area contributed by atoms with Crippen LogP contribution in [-0.4, -0.2) is 31.4 Å². The predicted octanol–water partition coefficient (Wildman–Crippen LogP) is 1.38. The molecule has 4 heterocycles. The SMILES string of the molecule is Cn1[nH]c(=O)c2c1CN(Cc1nc(-c3cccs3)no1)CC2. The number of nitrogens with one attached hydrogen (secondary N) is 1. The lowest BCUT2D eigenvalue weighted by Crippen LogP contribution is -2.32. The van der Waals surface area contributed by atoms with Crippen LogP contribution in [0.5, 0.6) is 0 Å². The minimum absolute atomic E-state index is 0.0231. The summed E-state index contributed by atoms with van der Waals surface area (Å²) < 4.78 is 7.14. The molecule has 4 rings (SSSR count). The third-order valence-corrected chi connectivity index (χ3v) is 4.78. The van der Waals surface area contributed by atoms with Crippen molar-refractivity contribution in [3.63, 3.8) is 0 Å². The van der Waals surface area contributed by atoms with E-state index in [4.69, 9.17) is 4.52 Å². The maximum atomic E-state index is 11.7. The highest BCUT2D eigenvalue weighted by molar-refractivity contribution is 7.13.